The lowest BCUT2D eigenvalue weighted by Gasteiger charge is -2.17. The van der Waals surface area contributed by atoms with Crippen LogP contribution in [0.2, 0.25) is 0 Å². The number of ether oxygens (including phenoxy) is 1. The van der Waals surface area contributed by atoms with Gasteiger partial charge in [-0.1, -0.05) is 24.3 Å². The van der Waals surface area contributed by atoms with Gasteiger partial charge in [0.15, 0.2) is 0 Å². The highest BCUT2D eigenvalue weighted by Crippen LogP contribution is 2.22. The number of esters is 1. The normalized spacial score (nSPS) is 11.7. The summed E-state index contributed by atoms with van der Waals surface area (Å²) < 4.78 is 18.6. The van der Waals surface area contributed by atoms with Gasteiger partial charge in [-0.2, -0.15) is 0 Å². The Morgan fingerprint density at radius 2 is 1.76 bits per heavy atom. The van der Waals surface area contributed by atoms with Crippen LogP contribution in [-0.2, 0) is 16.1 Å². The molecule has 0 bridgehead atoms. The number of amides is 1. The molecule has 2 aromatic heterocycles. The van der Waals surface area contributed by atoms with E-state index in [1.54, 1.807) is 17.5 Å². The Labute approximate surface area is 151 Å². The van der Waals surface area contributed by atoms with Crippen molar-refractivity contribution >= 4 is 34.6 Å². The summed E-state index contributed by atoms with van der Waals surface area (Å²) in [4.78, 5) is 26.2. The number of hydrogen-bond donors (Lipinski definition) is 1. The molecule has 0 unspecified atom stereocenters. The first-order chi connectivity index (χ1) is 12.1. The van der Waals surface area contributed by atoms with Crippen LogP contribution in [0.5, 0.6) is 0 Å². The van der Waals surface area contributed by atoms with E-state index in [2.05, 4.69) is 5.32 Å². The second kappa shape index (κ2) is 8.04. The Kier molecular flexibility index (Phi) is 5.57. The van der Waals surface area contributed by atoms with Gasteiger partial charge < -0.3 is 10.1 Å². The molecule has 1 atom stereocenters. The molecule has 2 heterocycles. The monoisotopic (exact) mass is 375 g/mol. The van der Waals surface area contributed by atoms with Crippen molar-refractivity contribution in [1.29, 1.82) is 0 Å². The smallest absolute Gasteiger partial charge is 0.349 e. The molecule has 0 aliphatic rings. The molecule has 3 aromatic rings. The Balaban J connectivity index is 1.76. The quantitative estimate of drug-likeness (QED) is 0.658. The third-order valence-electron chi connectivity index (χ3n) is 3.38. The van der Waals surface area contributed by atoms with E-state index in [9.17, 15) is 14.0 Å². The summed E-state index contributed by atoms with van der Waals surface area (Å²) in [6.07, 6.45) is -1.14. The zero-order chi connectivity index (χ0) is 17.6. The van der Waals surface area contributed by atoms with Gasteiger partial charge in [-0.25, -0.2) is 9.18 Å². The summed E-state index contributed by atoms with van der Waals surface area (Å²) in [7, 11) is 0. The summed E-state index contributed by atoms with van der Waals surface area (Å²) in [5.41, 5.74) is 0.412. The zero-order valence-electron chi connectivity index (χ0n) is 13.0. The van der Waals surface area contributed by atoms with Crippen molar-refractivity contribution in [1.82, 2.24) is 5.32 Å². The van der Waals surface area contributed by atoms with Gasteiger partial charge in [0.2, 0.25) is 6.10 Å². The van der Waals surface area contributed by atoms with Crippen molar-refractivity contribution in [2.75, 3.05) is 0 Å². The first-order valence-electron chi connectivity index (χ1n) is 7.43. The van der Waals surface area contributed by atoms with Crippen LogP contribution in [0.15, 0.2) is 59.3 Å². The van der Waals surface area contributed by atoms with Gasteiger partial charge in [0.25, 0.3) is 5.91 Å². The molecule has 0 saturated heterocycles. The van der Waals surface area contributed by atoms with Crippen LogP contribution in [0.4, 0.5) is 4.39 Å². The van der Waals surface area contributed by atoms with Crippen molar-refractivity contribution in [3.63, 3.8) is 0 Å². The highest BCUT2D eigenvalue weighted by atomic mass is 32.1. The Morgan fingerprint density at radius 3 is 2.40 bits per heavy atom. The van der Waals surface area contributed by atoms with Crippen LogP contribution in [0.3, 0.4) is 0 Å². The van der Waals surface area contributed by atoms with Gasteiger partial charge in [-0.05, 0) is 35.0 Å². The van der Waals surface area contributed by atoms with Crippen LogP contribution in [0.1, 0.15) is 26.2 Å². The van der Waals surface area contributed by atoms with Crippen LogP contribution >= 0.6 is 22.7 Å². The lowest BCUT2D eigenvalue weighted by atomic mass is 10.1. The van der Waals surface area contributed by atoms with Crippen LogP contribution in [0.25, 0.3) is 0 Å². The minimum Gasteiger partial charge on any atom is -0.443 e. The number of halogens is 1. The highest BCUT2D eigenvalue weighted by Gasteiger charge is 2.26. The fourth-order valence-corrected chi connectivity index (χ4v) is 3.40. The average Bonchev–Trinajstić information content (AvgIpc) is 3.31. The van der Waals surface area contributed by atoms with Crippen molar-refractivity contribution in [2.24, 2.45) is 0 Å². The number of thiophene rings is 2. The van der Waals surface area contributed by atoms with Crippen molar-refractivity contribution in [2.45, 2.75) is 12.6 Å². The number of rotatable bonds is 6. The Bertz CT molecular complexity index is 830. The standard InChI is InChI=1S/C18H14FNO3S2/c19-13-7-5-12(6-8-13)16(23-18(22)15-4-2-10-25-15)17(21)20-11-14-3-1-9-24-14/h1-10,16H,11H2,(H,20,21)/t16-/m0/s1. The molecule has 0 fully saturated rings. The molecular weight excluding hydrogens is 361 g/mol. The molecule has 7 heteroatoms. The maximum Gasteiger partial charge on any atom is 0.349 e. The molecule has 0 aliphatic heterocycles. The van der Waals surface area contributed by atoms with E-state index >= 15 is 0 Å². The number of carbonyl (C=O) groups is 2. The summed E-state index contributed by atoms with van der Waals surface area (Å²) in [6, 6.07) is 12.5. The predicted molar refractivity (Wildman–Crippen MR) is 95.0 cm³/mol. The molecule has 0 saturated carbocycles. The van der Waals surface area contributed by atoms with Gasteiger partial charge >= 0.3 is 5.97 Å². The van der Waals surface area contributed by atoms with Gasteiger partial charge in [0.1, 0.15) is 10.7 Å². The Morgan fingerprint density at radius 1 is 1.04 bits per heavy atom. The minimum atomic E-state index is -1.14. The first kappa shape index (κ1) is 17.3. The van der Waals surface area contributed by atoms with E-state index in [1.807, 2.05) is 17.5 Å². The molecule has 1 amide bonds. The maximum atomic E-state index is 13.2. The molecule has 0 aliphatic carbocycles. The second-order valence-electron chi connectivity index (χ2n) is 5.11. The fourth-order valence-electron chi connectivity index (χ4n) is 2.15. The van der Waals surface area contributed by atoms with Gasteiger partial charge in [0, 0.05) is 10.4 Å². The van der Waals surface area contributed by atoms with E-state index in [0.29, 0.717) is 17.0 Å². The molecule has 1 aromatic carbocycles. The summed E-state index contributed by atoms with van der Waals surface area (Å²) in [6.45, 7) is 0.338. The van der Waals surface area contributed by atoms with E-state index in [1.165, 1.54) is 46.9 Å². The first-order valence-corrected chi connectivity index (χ1v) is 9.19. The highest BCUT2D eigenvalue weighted by molar-refractivity contribution is 7.12. The van der Waals surface area contributed by atoms with Crippen LogP contribution in [-0.4, -0.2) is 11.9 Å². The largest absolute Gasteiger partial charge is 0.443 e. The lowest BCUT2D eigenvalue weighted by molar-refractivity contribution is -0.130. The molecule has 3 rings (SSSR count). The summed E-state index contributed by atoms with van der Waals surface area (Å²) >= 11 is 2.75. The number of hydrogen-bond acceptors (Lipinski definition) is 5. The zero-order valence-corrected chi connectivity index (χ0v) is 14.6. The molecule has 0 spiro atoms. The van der Waals surface area contributed by atoms with E-state index in [4.69, 9.17) is 4.74 Å². The topological polar surface area (TPSA) is 55.4 Å². The number of carbonyl (C=O) groups excluding carboxylic acids is 2. The summed E-state index contributed by atoms with van der Waals surface area (Å²) in [5, 5.41) is 6.42. The number of nitrogens with one attached hydrogen (secondary N) is 1. The molecule has 4 nitrogen and oxygen atoms in total. The molecular formula is C18H14FNO3S2. The second-order valence-corrected chi connectivity index (χ2v) is 7.09. The minimum absolute atomic E-state index is 0.338. The van der Waals surface area contributed by atoms with E-state index < -0.39 is 23.8 Å². The average molecular weight is 375 g/mol. The molecule has 128 valence electrons. The number of benzene rings is 1. The molecule has 1 N–H and O–H groups in total. The third-order valence-corrected chi connectivity index (χ3v) is 5.10. The molecule has 0 radical (unpaired) electrons. The van der Waals surface area contributed by atoms with Crippen molar-refractivity contribution < 1.29 is 18.7 Å². The lowest BCUT2D eigenvalue weighted by Crippen LogP contribution is -2.31. The van der Waals surface area contributed by atoms with Crippen molar-refractivity contribution in [3.8, 4) is 0 Å². The van der Waals surface area contributed by atoms with Crippen LogP contribution in [0, 0.1) is 5.82 Å². The van der Waals surface area contributed by atoms with E-state index in [-0.39, 0.29) is 0 Å². The Hall–Kier alpha value is -2.51. The summed E-state index contributed by atoms with van der Waals surface area (Å²) in [5.74, 6) is -1.47. The third kappa shape index (κ3) is 4.52. The van der Waals surface area contributed by atoms with Gasteiger partial charge in [-0.15, -0.1) is 22.7 Å². The fraction of sp³-hybridized carbons (Fsp3) is 0.111. The van der Waals surface area contributed by atoms with Crippen LogP contribution < -0.4 is 5.32 Å². The van der Waals surface area contributed by atoms with E-state index in [0.717, 1.165) is 4.88 Å². The maximum absolute atomic E-state index is 13.2. The predicted octanol–water partition coefficient (Wildman–Crippen LogP) is 4.16. The van der Waals surface area contributed by atoms with Gasteiger partial charge in [0.05, 0.1) is 6.54 Å². The van der Waals surface area contributed by atoms with Crippen molar-refractivity contribution in [3.05, 3.63) is 80.4 Å². The SMILES string of the molecule is O=C(O[C@H](C(=O)NCc1cccs1)c1ccc(F)cc1)c1cccs1. The molecule has 25 heavy (non-hydrogen) atoms. The van der Waals surface area contributed by atoms with Gasteiger partial charge in [-0.3, -0.25) is 4.79 Å².